The van der Waals surface area contributed by atoms with Crippen molar-refractivity contribution in [3.05, 3.63) is 85.2 Å². The molecular formula is C29H29BrN4O4S. The number of hydrogen-bond donors (Lipinski definition) is 1. The van der Waals surface area contributed by atoms with E-state index in [1.807, 2.05) is 30.3 Å². The number of thiophene rings is 1. The van der Waals surface area contributed by atoms with Gasteiger partial charge in [0.25, 0.3) is 11.5 Å². The van der Waals surface area contributed by atoms with Crippen LogP contribution in [0.1, 0.15) is 47.9 Å². The number of carbonyl (C=O) groups is 1. The van der Waals surface area contributed by atoms with Crippen molar-refractivity contribution in [1.29, 1.82) is 0 Å². The Balaban J connectivity index is 1.25. The number of nitrogens with one attached hydrogen (secondary N) is 1. The maximum atomic E-state index is 13.3. The number of aryl methyl sites for hydroxylation is 1. The lowest BCUT2D eigenvalue weighted by molar-refractivity contribution is -0.123. The fourth-order valence-corrected chi connectivity index (χ4v) is 6.24. The molecule has 0 bridgehead atoms. The van der Waals surface area contributed by atoms with Crippen molar-refractivity contribution in [3.63, 3.8) is 0 Å². The Morgan fingerprint density at radius 1 is 1.28 bits per heavy atom. The summed E-state index contributed by atoms with van der Waals surface area (Å²) in [6.45, 7) is 4.30. The van der Waals surface area contributed by atoms with E-state index in [1.165, 1.54) is 22.0 Å². The average Bonchev–Trinajstić information content (AvgIpc) is 3.31. The number of nitrogens with zero attached hydrogens (tertiary/aromatic N) is 3. The van der Waals surface area contributed by atoms with Gasteiger partial charge in [0.05, 0.1) is 25.0 Å². The van der Waals surface area contributed by atoms with Crippen LogP contribution in [0, 0.1) is 5.92 Å². The molecule has 1 aliphatic rings. The lowest BCUT2D eigenvalue weighted by Gasteiger charge is -2.18. The molecule has 1 N–H and O–H groups in total. The van der Waals surface area contributed by atoms with Crippen molar-refractivity contribution in [2.45, 2.75) is 45.8 Å². The predicted molar refractivity (Wildman–Crippen MR) is 157 cm³/mol. The molecule has 5 rings (SSSR count). The topological polar surface area (TPSA) is 94.8 Å². The molecule has 4 aromatic rings. The first-order valence-electron chi connectivity index (χ1n) is 12.7. The molecule has 0 aliphatic heterocycles. The van der Waals surface area contributed by atoms with Gasteiger partial charge in [-0.25, -0.2) is 10.4 Å². The van der Waals surface area contributed by atoms with Crippen LogP contribution in [0.5, 0.6) is 11.5 Å². The first-order chi connectivity index (χ1) is 18.8. The number of fused-ring (bicyclic) bond motifs is 3. The summed E-state index contributed by atoms with van der Waals surface area (Å²) in [6, 6.07) is 12.5. The fraction of sp³-hybridized carbons (Fsp3) is 0.310. The van der Waals surface area contributed by atoms with Crippen LogP contribution in [0.15, 0.2) is 63.2 Å². The molecule has 0 unspecified atom stereocenters. The van der Waals surface area contributed by atoms with E-state index >= 15 is 0 Å². The molecule has 0 fully saturated rings. The summed E-state index contributed by atoms with van der Waals surface area (Å²) in [5.74, 6) is 1.35. The van der Waals surface area contributed by atoms with Crippen LogP contribution in [0.3, 0.4) is 0 Å². The van der Waals surface area contributed by atoms with E-state index in [-0.39, 0.29) is 5.56 Å². The Kier molecular flexibility index (Phi) is 8.13. The number of amides is 1. The predicted octanol–water partition coefficient (Wildman–Crippen LogP) is 5.64. The van der Waals surface area contributed by atoms with Crippen molar-refractivity contribution in [2.24, 2.45) is 11.0 Å². The van der Waals surface area contributed by atoms with E-state index in [4.69, 9.17) is 9.47 Å². The number of hydrazone groups is 1. The molecule has 10 heteroatoms. The number of carbonyl (C=O) groups excluding carboxylic acids is 1. The lowest BCUT2D eigenvalue weighted by Crippen LogP contribution is -2.34. The van der Waals surface area contributed by atoms with Crippen LogP contribution < -0.4 is 20.5 Å². The largest absolute Gasteiger partial charge is 0.493 e. The normalized spacial score (nSPS) is 15.7. The van der Waals surface area contributed by atoms with Gasteiger partial charge < -0.3 is 9.47 Å². The van der Waals surface area contributed by atoms with E-state index in [0.717, 1.165) is 45.3 Å². The third kappa shape index (κ3) is 5.91. The van der Waals surface area contributed by atoms with Crippen LogP contribution >= 0.6 is 27.3 Å². The molecule has 0 radical (unpaired) electrons. The Morgan fingerprint density at radius 2 is 2.08 bits per heavy atom. The highest BCUT2D eigenvalue weighted by Crippen LogP contribution is 2.35. The van der Waals surface area contributed by atoms with Gasteiger partial charge in [0.2, 0.25) is 0 Å². The van der Waals surface area contributed by atoms with Gasteiger partial charge in [-0.3, -0.25) is 14.2 Å². The van der Waals surface area contributed by atoms with Crippen LogP contribution in [-0.2, 0) is 24.2 Å². The summed E-state index contributed by atoms with van der Waals surface area (Å²) in [7, 11) is 1.57. The summed E-state index contributed by atoms with van der Waals surface area (Å²) in [5.41, 5.74) is 5.21. The molecule has 2 heterocycles. The molecule has 2 atom stereocenters. The Bertz CT molecular complexity index is 1600. The molecule has 0 spiro atoms. The Labute approximate surface area is 238 Å². The summed E-state index contributed by atoms with van der Waals surface area (Å²) in [5, 5.41) is 4.75. The number of methoxy groups -OCH3 is 1. The van der Waals surface area contributed by atoms with E-state index < -0.39 is 11.9 Å². The zero-order chi connectivity index (χ0) is 27.5. The molecule has 8 nitrogen and oxygen atoms in total. The number of hydrogen-bond acceptors (Lipinski definition) is 7. The minimum Gasteiger partial charge on any atom is -0.493 e. The minimum absolute atomic E-state index is 0.179. The SMILES string of the molecule is COc1cc(/C=N\NC(=O)[C@@H](C)n2cnc3sc4c(c3c2=O)CC[C@@H](C)C4)ccc1OCc1ccc(Br)cc1. The highest BCUT2D eigenvalue weighted by atomic mass is 79.9. The van der Waals surface area contributed by atoms with Crippen molar-refractivity contribution >= 4 is 49.6 Å². The van der Waals surface area contributed by atoms with Gasteiger partial charge in [-0.2, -0.15) is 5.10 Å². The first kappa shape index (κ1) is 27.1. The Morgan fingerprint density at radius 3 is 2.85 bits per heavy atom. The number of ether oxygens (including phenoxy) is 2. The van der Waals surface area contributed by atoms with E-state index in [9.17, 15) is 9.59 Å². The molecule has 0 saturated carbocycles. The van der Waals surface area contributed by atoms with Gasteiger partial charge in [0.15, 0.2) is 11.5 Å². The van der Waals surface area contributed by atoms with E-state index in [2.05, 4.69) is 38.4 Å². The second-order valence-electron chi connectivity index (χ2n) is 9.72. The molecular weight excluding hydrogens is 580 g/mol. The number of benzene rings is 2. The van der Waals surface area contributed by atoms with Crippen molar-refractivity contribution < 1.29 is 14.3 Å². The lowest BCUT2D eigenvalue weighted by atomic mass is 9.89. The highest BCUT2D eigenvalue weighted by Gasteiger charge is 2.25. The zero-order valence-electron chi connectivity index (χ0n) is 21.9. The third-order valence-corrected chi connectivity index (χ3v) is 8.61. The maximum Gasteiger partial charge on any atom is 0.263 e. The van der Waals surface area contributed by atoms with Crippen LogP contribution in [0.2, 0.25) is 0 Å². The van der Waals surface area contributed by atoms with Crippen LogP contribution in [0.4, 0.5) is 0 Å². The van der Waals surface area contributed by atoms with Gasteiger partial charge in [0, 0.05) is 9.35 Å². The fourth-order valence-electron chi connectivity index (χ4n) is 4.64. The average molecular weight is 610 g/mol. The molecule has 202 valence electrons. The van der Waals surface area contributed by atoms with Gasteiger partial charge in [-0.05, 0) is 79.1 Å². The standard InChI is InChI=1S/C29H29BrN4O4S/c1-17-4-10-22-25(12-17)39-28-26(22)29(36)34(16-31-28)18(2)27(35)33-32-14-20-7-11-23(24(13-20)37-3)38-15-19-5-8-21(30)9-6-19/h5-9,11,13-14,16-18H,4,10,12,15H2,1-3H3,(H,33,35)/b32-14-/t17-,18-/m1/s1. The van der Waals surface area contributed by atoms with Gasteiger partial charge in [-0.1, -0.05) is 35.0 Å². The second kappa shape index (κ2) is 11.7. The number of aromatic nitrogens is 2. The van der Waals surface area contributed by atoms with Crippen molar-refractivity contribution in [2.75, 3.05) is 7.11 Å². The monoisotopic (exact) mass is 608 g/mol. The molecule has 2 aromatic heterocycles. The zero-order valence-corrected chi connectivity index (χ0v) is 24.3. The van der Waals surface area contributed by atoms with Gasteiger partial charge in [-0.15, -0.1) is 11.3 Å². The molecule has 0 saturated heterocycles. The maximum absolute atomic E-state index is 13.3. The molecule has 39 heavy (non-hydrogen) atoms. The van der Waals surface area contributed by atoms with Crippen LogP contribution in [0.25, 0.3) is 10.2 Å². The summed E-state index contributed by atoms with van der Waals surface area (Å²) < 4.78 is 13.8. The quantitative estimate of drug-likeness (QED) is 0.206. The summed E-state index contributed by atoms with van der Waals surface area (Å²) in [4.78, 5) is 32.7. The first-order valence-corrected chi connectivity index (χ1v) is 14.3. The van der Waals surface area contributed by atoms with E-state index in [0.29, 0.717) is 29.4 Å². The smallest absolute Gasteiger partial charge is 0.263 e. The second-order valence-corrected chi connectivity index (χ2v) is 11.7. The van der Waals surface area contributed by atoms with E-state index in [1.54, 1.807) is 37.5 Å². The Hall–Kier alpha value is -3.50. The number of halogens is 1. The van der Waals surface area contributed by atoms with Gasteiger partial charge >= 0.3 is 0 Å². The molecule has 1 amide bonds. The molecule has 2 aromatic carbocycles. The molecule has 1 aliphatic carbocycles. The van der Waals surface area contributed by atoms with Crippen molar-refractivity contribution in [1.82, 2.24) is 15.0 Å². The van der Waals surface area contributed by atoms with Crippen molar-refractivity contribution in [3.8, 4) is 11.5 Å². The van der Waals surface area contributed by atoms with Gasteiger partial charge in [0.1, 0.15) is 17.5 Å². The summed E-state index contributed by atoms with van der Waals surface area (Å²) in [6.07, 6.45) is 5.89. The highest BCUT2D eigenvalue weighted by molar-refractivity contribution is 9.10. The number of rotatable bonds is 8. The minimum atomic E-state index is -0.770. The summed E-state index contributed by atoms with van der Waals surface area (Å²) >= 11 is 5.02. The van der Waals surface area contributed by atoms with Crippen LogP contribution in [-0.4, -0.2) is 28.8 Å². The third-order valence-electron chi connectivity index (χ3n) is 6.92.